The number of rotatable bonds is 8. The number of nitrogens with one attached hydrogen (secondary N) is 2. The van der Waals surface area contributed by atoms with E-state index in [-0.39, 0.29) is 11.0 Å². The Morgan fingerprint density at radius 2 is 1.75 bits per heavy atom. The molecule has 150 valence electrons. The summed E-state index contributed by atoms with van der Waals surface area (Å²) in [6.45, 7) is 4.80. The number of hydrogen-bond donors (Lipinski definition) is 2. The summed E-state index contributed by atoms with van der Waals surface area (Å²) in [6, 6.07) is 12.4. The molecule has 0 aromatic heterocycles. The average molecular weight is 403 g/mol. The van der Waals surface area contributed by atoms with Crippen molar-refractivity contribution in [2.75, 3.05) is 26.1 Å². The molecule has 0 saturated carbocycles. The Balaban J connectivity index is 2.02. The largest absolute Gasteiger partial charge is 0.493 e. The van der Waals surface area contributed by atoms with Crippen LogP contribution in [-0.4, -0.2) is 31.8 Å². The monoisotopic (exact) mass is 402 g/mol. The molecule has 0 atom stereocenters. The SMILES string of the molecule is COc1ccc(NC(=S)NC(=O)c2ccccc2OCCC(C)C)cc1OC. The Morgan fingerprint density at radius 3 is 2.43 bits per heavy atom. The van der Waals surface area contributed by atoms with Gasteiger partial charge in [0.25, 0.3) is 5.91 Å². The summed E-state index contributed by atoms with van der Waals surface area (Å²) in [6.07, 6.45) is 0.912. The van der Waals surface area contributed by atoms with E-state index in [1.165, 1.54) is 0 Å². The number of amides is 1. The first-order valence-electron chi connectivity index (χ1n) is 9.00. The maximum atomic E-state index is 12.6. The highest BCUT2D eigenvalue weighted by Gasteiger charge is 2.14. The summed E-state index contributed by atoms with van der Waals surface area (Å²) in [7, 11) is 3.12. The number of benzene rings is 2. The van der Waals surface area contributed by atoms with Crippen LogP contribution in [0.25, 0.3) is 0 Å². The van der Waals surface area contributed by atoms with E-state index < -0.39 is 0 Å². The lowest BCUT2D eigenvalue weighted by atomic mass is 10.1. The molecule has 1 amide bonds. The third-order valence-electron chi connectivity index (χ3n) is 3.95. The molecule has 2 N–H and O–H groups in total. The van der Waals surface area contributed by atoms with Crippen molar-refractivity contribution in [1.82, 2.24) is 5.32 Å². The Labute approximate surface area is 171 Å². The van der Waals surface area contributed by atoms with Crippen LogP contribution in [0.2, 0.25) is 0 Å². The minimum absolute atomic E-state index is 0.175. The molecular formula is C21H26N2O4S. The van der Waals surface area contributed by atoms with Crippen LogP contribution in [0.15, 0.2) is 42.5 Å². The molecule has 2 aromatic rings. The van der Waals surface area contributed by atoms with Crippen LogP contribution >= 0.6 is 12.2 Å². The van der Waals surface area contributed by atoms with Gasteiger partial charge in [0, 0.05) is 11.8 Å². The van der Waals surface area contributed by atoms with Gasteiger partial charge >= 0.3 is 0 Å². The number of thiocarbonyl (C=S) groups is 1. The van der Waals surface area contributed by atoms with Gasteiger partial charge in [0.1, 0.15) is 5.75 Å². The number of carbonyl (C=O) groups excluding carboxylic acids is 1. The molecule has 7 heteroatoms. The fourth-order valence-corrected chi connectivity index (χ4v) is 2.64. The van der Waals surface area contributed by atoms with Gasteiger partial charge in [0.05, 0.1) is 26.4 Å². The molecule has 0 aliphatic rings. The zero-order valence-corrected chi connectivity index (χ0v) is 17.4. The summed E-state index contributed by atoms with van der Waals surface area (Å²) in [5.41, 5.74) is 1.10. The van der Waals surface area contributed by atoms with E-state index in [0.29, 0.717) is 41.0 Å². The van der Waals surface area contributed by atoms with Crippen molar-refractivity contribution in [1.29, 1.82) is 0 Å². The molecule has 2 aromatic carbocycles. The molecule has 0 unspecified atom stereocenters. The third-order valence-corrected chi connectivity index (χ3v) is 4.16. The Bertz CT molecular complexity index is 824. The standard InChI is InChI=1S/C21H26N2O4S/c1-14(2)11-12-27-17-8-6-5-7-16(17)20(24)23-21(28)22-15-9-10-18(25-3)19(13-15)26-4/h5-10,13-14H,11-12H2,1-4H3,(H2,22,23,24,28). The smallest absolute Gasteiger partial charge is 0.261 e. The van der Waals surface area contributed by atoms with Crippen molar-refractivity contribution in [3.8, 4) is 17.2 Å². The summed E-state index contributed by atoms with van der Waals surface area (Å²) in [4.78, 5) is 12.6. The number of para-hydroxylation sites is 1. The zero-order chi connectivity index (χ0) is 20.5. The van der Waals surface area contributed by atoms with E-state index in [1.807, 2.05) is 6.07 Å². The highest BCUT2D eigenvalue weighted by Crippen LogP contribution is 2.29. The first-order valence-corrected chi connectivity index (χ1v) is 9.41. The summed E-state index contributed by atoms with van der Waals surface area (Å²) in [5, 5.41) is 5.82. The second-order valence-electron chi connectivity index (χ2n) is 6.51. The fraction of sp³-hybridized carbons (Fsp3) is 0.333. The minimum atomic E-state index is -0.335. The molecule has 6 nitrogen and oxygen atoms in total. The van der Waals surface area contributed by atoms with Gasteiger partial charge in [-0.05, 0) is 48.8 Å². The number of carbonyl (C=O) groups is 1. The lowest BCUT2D eigenvalue weighted by Crippen LogP contribution is -2.34. The Hall–Kier alpha value is -2.80. The van der Waals surface area contributed by atoms with E-state index in [2.05, 4.69) is 24.5 Å². The highest BCUT2D eigenvalue weighted by atomic mass is 32.1. The molecule has 0 radical (unpaired) electrons. The van der Waals surface area contributed by atoms with Gasteiger partial charge in [-0.3, -0.25) is 10.1 Å². The molecule has 0 fully saturated rings. The zero-order valence-electron chi connectivity index (χ0n) is 16.6. The Morgan fingerprint density at radius 1 is 1.04 bits per heavy atom. The van der Waals surface area contributed by atoms with Crippen LogP contribution in [0.1, 0.15) is 30.6 Å². The molecule has 28 heavy (non-hydrogen) atoms. The van der Waals surface area contributed by atoms with Crippen molar-refractivity contribution < 1.29 is 19.0 Å². The quantitative estimate of drug-likeness (QED) is 0.643. The average Bonchev–Trinajstić information content (AvgIpc) is 2.67. The van der Waals surface area contributed by atoms with Crippen LogP contribution in [0.4, 0.5) is 5.69 Å². The van der Waals surface area contributed by atoms with Gasteiger partial charge in [0.15, 0.2) is 16.6 Å². The van der Waals surface area contributed by atoms with E-state index in [9.17, 15) is 4.79 Å². The molecule has 0 heterocycles. The number of methoxy groups -OCH3 is 2. The number of ether oxygens (including phenoxy) is 3. The van der Waals surface area contributed by atoms with Gasteiger partial charge < -0.3 is 19.5 Å². The fourth-order valence-electron chi connectivity index (χ4n) is 2.43. The predicted molar refractivity (Wildman–Crippen MR) is 115 cm³/mol. The first kappa shape index (κ1) is 21.5. The number of hydrogen-bond acceptors (Lipinski definition) is 5. The van der Waals surface area contributed by atoms with Crippen molar-refractivity contribution in [2.45, 2.75) is 20.3 Å². The highest BCUT2D eigenvalue weighted by molar-refractivity contribution is 7.80. The summed E-state index contributed by atoms with van der Waals surface area (Å²) in [5.74, 6) is 1.90. The number of anilines is 1. The lowest BCUT2D eigenvalue weighted by molar-refractivity contribution is 0.0973. The van der Waals surface area contributed by atoms with Crippen LogP contribution in [0, 0.1) is 5.92 Å². The second-order valence-corrected chi connectivity index (χ2v) is 6.91. The summed E-state index contributed by atoms with van der Waals surface area (Å²) >= 11 is 5.26. The van der Waals surface area contributed by atoms with Crippen molar-refractivity contribution in [3.63, 3.8) is 0 Å². The van der Waals surface area contributed by atoms with Crippen molar-refractivity contribution in [2.24, 2.45) is 5.92 Å². The van der Waals surface area contributed by atoms with Crippen LogP contribution in [0.5, 0.6) is 17.2 Å². The van der Waals surface area contributed by atoms with Gasteiger partial charge in [-0.15, -0.1) is 0 Å². The normalized spacial score (nSPS) is 10.3. The molecule has 0 spiro atoms. The maximum absolute atomic E-state index is 12.6. The molecule has 2 rings (SSSR count). The van der Waals surface area contributed by atoms with Gasteiger partial charge in [-0.25, -0.2) is 0 Å². The van der Waals surface area contributed by atoms with Crippen LogP contribution in [0.3, 0.4) is 0 Å². The summed E-state index contributed by atoms with van der Waals surface area (Å²) < 4.78 is 16.2. The minimum Gasteiger partial charge on any atom is -0.493 e. The van der Waals surface area contributed by atoms with Crippen LogP contribution in [-0.2, 0) is 0 Å². The Kier molecular flexibility index (Phi) is 8.07. The molecule has 0 aliphatic heterocycles. The second kappa shape index (κ2) is 10.5. The maximum Gasteiger partial charge on any atom is 0.261 e. The molecule has 0 saturated heterocycles. The van der Waals surface area contributed by atoms with Crippen LogP contribution < -0.4 is 24.8 Å². The van der Waals surface area contributed by atoms with Crippen molar-refractivity contribution >= 4 is 28.9 Å². The van der Waals surface area contributed by atoms with Gasteiger partial charge in [-0.1, -0.05) is 26.0 Å². The topological polar surface area (TPSA) is 68.8 Å². The molecule has 0 bridgehead atoms. The van der Waals surface area contributed by atoms with E-state index in [0.717, 1.165) is 6.42 Å². The molecule has 0 aliphatic carbocycles. The van der Waals surface area contributed by atoms with Crippen molar-refractivity contribution in [3.05, 3.63) is 48.0 Å². The van der Waals surface area contributed by atoms with Gasteiger partial charge in [-0.2, -0.15) is 0 Å². The van der Waals surface area contributed by atoms with E-state index in [1.54, 1.807) is 50.6 Å². The first-order chi connectivity index (χ1) is 13.4. The molecular weight excluding hydrogens is 376 g/mol. The van der Waals surface area contributed by atoms with E-state index >= 15 is 0 Å². The van der Waals surface area contributed by atoms with E-state index in [4.69, 9.17) is 26.4 Å². The lowest BCUT2D eigenvalue weighted by Gasteiger charge is -2.14. The third kappa shape index (κ3) is 6.13. The predicted octanol–water partition coefficient (Wildman–Crippen LogP) is 4.26. The van der Waals surface area contributed by atoms with Gasteiger partial charge in [0.2, 0.25) is 0 Å².